The van der Waals surface area contributed by atoms with Crippen LogP contribution >= 0.6 is 0 Å². The van der Waals surface area contributed by atoms with Gasteiger partial charge in [-0.15, -0.1) is 0 Å². The summed E-state index contributed by atoms with van der Waals surface area (Å²) in [7, 11) is 0. The minimum atomic E-state index is 0.000463. The van der Waals surface area contributed by atoms with E-state index in [1.807, 2.05) is 24.3 Å². The van der Waals surface area contributed by atoms with Crippen LogP contribution in [-0.2, 0) is 0 Å². The largest absolute Gasteiger partial charge is 0.486 e. The molecule has 1 heterocycles. The quantitative estimate of drug-likeness (QED) is 0.645. The lowest BCUT2D eigenvalue weighted by atomic mass is 9.95. The number of hydrogen-bond donors (Lipinski definition) is 2. The minimum Gasteiger partial charge on any atom is -0.486 e. The molecule has 19 heavy (non-hydrogen) atoms. The van der Waals surface area contributed by atoms with Gasteiger partial charge in [-0.1, -0.05) is 37.8 Å². The zero-order chi connectivity index (χ0) is 13.1. The first kappa shape index (κ1) is 12.8. The summed E-state index contributed by atoms with van der Waals surface area (Å²) in [6, 6.07) is 7.97. The van der Waals surface area contributed by atoms with Crippen LogP contribution in [0.2, 0.25) is 0 Å². The smallest absolute Gasteiger partial charge is 0.161 e. The molecule has 0 saturated heterocycles. The summed E-state index contributed by atoms with van der Waals surface area (Å²) in [6.45, 7) is 0.568. The zero-order valence-corrected chi connectivity index (χ0v) is 11.2. The number of benzene rings is 1. The summed E-state index contributed by atoms with van der Waals surface area (Å²) in [5.41, 5.74) is 2.92. The van der Waals surface area contributed by atoms with Crippen LogP contribution in [0.4, 0.5) is 0 Å². The lowest BCUT2D eigenvalue weighted by Gasteiger charge is -2.33. The molecular weight excluding hydrogens is 240 g/mol. The molecule has 4 heteroatoms. The number of hydrogen-bond acceptors (Lipinski definition) is 4. The molecule has 4 nitrogen and oxygen atoms in total. The first-order valence-electron chi connectivity index (χ1n) is 7.21. The molecule has 2 unspecified atom stereocenters. The van der Waals surface area contributed by atoms with E-state index in [-0.39, 0.29) is 12.1 Å². The monoisotopic (exact) mass is 262 g/mol. The van der Waals surface area contributed by atoms with E-state index >= 15 is 0 Å². The summed E-state index contributed by atoms with van der Waals surface area (Å²) in [4.78, 5) is 0. The van der Waals surface area contributed by atoms with Crippen molar-refractivity contribution in [3.8, 4) is 11.5 Å². The highest BCUT2D eigenvalue weighted by molar-refractivity contribution is 5.40. The second-order valence-corrected chi connectivity index (χ2v) is 5.57. The van der Waals surface area contributed by atoms with Gasteiger partial charge in [-0.25, -0.2) is 0 Å². The number of para-hydroxylation sites is 2. The van der Waals surface area contributed by atoms with Crippen LogP contribution in [0.15, 0.2) is 24.3 Å². The lowest BCUT2D eigenvalue weighted by molar-refractivity contribution is 0.0547. The predicted molar refractivity (Wildman–Crippen MR) is 74.0 cm³/mol. The van der Waals surface area contributed by atoms with E-state index in [0.29, 0.717) is 6.61 Å². The van der Waals surface area contributed by atoms with Crippen molar-refractivity contribution in [3.63, 3.8) is 0 Å². The number of nitrogens with one attached hydrogen (secondary N) is 1. The van der Waals surface area contributed by atoms with E-state index in [9.17, 15) is 0 Å². The molecule has 1 aliphatic heterocycles. The van der Waals surface area contributed by atoms with Crippen molar-refractivity contribution in [1.82, 2.24) is 5.43 Å². The molecule has 1 aliphatic carbocycles. The maximum Gasteiger partial charge on any atom is 0.161 e. The van der Waals surface area contributed by atoms with E-state index in [2.05, 4.69) is 5.43 Å². The average Bonchev–Trinajstić information content (AvgIpc) is 2.97. The Kier molecular flexibility index (Phi) is 3.89. The Morgan fingerprint density at radius 1 is 1.21 bits per heavy atom. The molecule has 1 fully saturated rings. The summed E-state index contributed by atoms with van der Waals surface area (Å²) in [5, 5.41) is 0. The van der Waals surface area contributed by atoms with Crippen LogP contribution in [0.5, 0.6) is 11.5 Å². The van der Waals surface area contributed by atoms with Crippen molar-refractivity contribution < 1.29 is 9.47 Å². The van der Waals surface area contributed by atoms with Crippen molar-refractivity contribution in [2.45, 2.75) is 44.2 Å². The van der Waals surface area contributed by atoms with Gasteiger partial charge in [0, 0.05) is 0 Å². The van der Waals surface area contributed by atoms with Crippen LogP contribution in [0.25, 0.3) is 0 Å². The van der Waals surface area contributed by atoms with Gasteiger partial charge in [0.05, 0.1) is 6.04 Å². The topological polar surface area (TPSA) is 56.5 Å². The Morgan fingerprint density at radius 2 is 1.95 bits per heavy atom. The fraction of sp³-hybridized carbons (Fsp3) is 0.600. The van der Waals surface area contributed by atoms with Gasteiger partial charge >= 0.3 is 0 Å². The first-order chi connectivity index (χ1) is 9.36. The number of fused-ring (bicyclic) bond motifs is 1. The molecular formula is C15H22N2O2. The molecule has 3 rings (SSSR count). The highest BCUT2D eigenvalue weighted by atomic mass is 16.6. The van der Waals surface area contributed by atoms with E-state index in [1.54, 1.807) is 0 Å². The lowest BCUT2D eigenvalue weighted by Crippen LogP contribution is -2.51. The number of hydrazine groups is 1. The molecule has 0 spiro atoms. The molecule has 2 aliphatic rings. The summed E-state index contributed by atoms with van der Waals surface area (Å²) >= 11 is 0. The fourth-order valence-corrected chi connectivity index (χ4v) is 3.17. The number of rotatable bonds is 4. The molecule has 1 saturated carbocycles. The Labute approximate surface area is 114 Å². The summed E-state index contributed by atoms with van der Waals surface area (Å²) in [6.07, 6.45) is 6.43. The van der Waals surface area contributed by atoms with Gasteiger partial charge in [-0.3, -0.25) is 11.3 Å². The van der Waals surface area contributed by atoms with Crippen LogP contribution in [-0.4, -0.2) is 18.8 Å². The van der Waals surface area contributed by atoms with Gasteiger partial charge in [0.25, 0.3) is 0 Å². The predicted octanol–water partition coefficient (Wildman–Crippen LogP) is 2.24. The maximum atomic E-state index is 6.03. The molecule has 0 amide bonds. The van der Waals surface area contributed by atoms with Crippen LogP contribution in [0.3, 0.4) is 0 Å². The van der Waals surface area contributed by atoms with Crippen LogP contribution < -0.4 is 20.7 Å². The molecule has 3 N–H and O–H groups in total. The Morgan fingerprint density at radius 3 is 2.68 bits per heavy atom. The molecule has 1 aromatic rings. The standard InChI is InChI=1S/C15H22N2O2/c16-17-12(9-11-5-1-2-6-11)15-10-18-13-7-3-4-8-14(13)19-15/h3-4,7-8,11-12,15,17H,1-2,5-6,9-10,16H2. The Bertz CT molecular complexity index is 418. The van der Waals surface area contributed by atoms with Gasteiger partial charge in [-0.2, -0.15) is 0 Å². The fourth-order valence-electron chi connectivity index (χ4n) is 3.17. The Balaban J connectivity index is 1.64. The second kappa shape index (κ2) is 5.80. The molecule has 0 bridgehead atoms. The van der Waals surface area contributed by atoms with Crippen molar-refractivity contribution in [2.75, 3.05) is 6.61 Å². The molecule has 0 aromatic heterocycles. The van der Waals surface area contributed by atoms with E-state index in [1.165, 1.54) is 25.7 Å². The molecule has 104 valence electrons. The van der Waals surface area contributed by atoms with E-state index in [0.717, 1.165) is 23.8 Å². The van der Waals surface area contributed by atoms with Gasteiger partial charge in [-0.05, 0) is 24.5 Å². The molecule has 1 aromatic carbocycles. The van der Waals surface area contributed by atoms with Gasteiger partial charge in [0.15, 0.2) is 11.5 Å². The van der Waals surface area contributed by atoms with Crippen molar-refractivity contribution in [3.05, 3.63) is 24.3 Å². The van der Waals surface area contributed by atoms with Crippen molar-refractivity contribution in [1.29, 1.82) is 0 Å². The molecule has 2 atom stereocenters. The SMILES string of the molecule is NNC(CC1CCCC1)C1COc2ccccc2O1. The Hall–Kier alpha value is -1.26. The third-order valence-corrected chi connectivity index (χ3v) is 4.26. The van der Waals surface area contributed by atoms with E-state index < -0.39 is 0 Å². The number of nitrogens with two attached hydrogens (primary N) is 1. The maximum absolute atomic E-state index is 6.03. The normalized spacial score (nSPS) is 24.4. The van der Waals surface area contributed by atoms with Crippen molar-refractivity contribution >= 4 is 0 Å². The van der Waals surface area contributed by atoms with Gasteiger partial charge < -0.3 is 9.47 Å². The highest BCUT2D eigenvalue weighted by Crippen LogP contribution is 2.34. The minimum absolute atomic E-state index is 0.000463. The van der Waals surface area contributed by atoms with E-state index in [4.69, 9.17) is 15.3 Å². The van der Waals surface area contributed by atoms with Gasteiger partial charge in [0.2, 0.25) is 0 Å². The highest BCUT2D eigenvalue weighted by Gasteiger charge is 2.30. The summed E-state index contributed by atoms with van der Waals surface area (Å²) < 4.78 is 11.8. The third kappa shape index (κ3) is 2.85. The third-order valence-electron chi connectivity index (χ3n) is 4.26. The van der Waals surface area contributed by atoms with Crippen LogP contribution in [0, 0.1) is 5.92 Å². The first-order valence-corrected chi connectivity index (χ1v) is 7.21. The van der Waals surface area contributed by atoms with Crippen molar-refractivity contribution in [2.24, 2.45) is 11.8 Å². The average molecular weight is 262 g/mol. The number of ether oxygens (including phenoxy) is 2. The zero-order valence-electron chi connectivity index (χ0n) is 11.2. The summed E-state index contributed by atoms with van der Waals surface area (Å²) in [5.74, 6) is 8.15. The second-order valence-electron chi connectivity index (χ2n) is 5.57. The molecule has 0 radical (unpaired) electrons. The van der Waals surface area contributed by atoms with Gasteiger partial charge in [0.1, 0.15) is 12.7 Å². The van der Waals surface area contributed by atoms with Crippen LogP contribution in [0.1, 0.15) is 32.1 Å².